The molecule has 45 heavy (non-hydrogen) atoms. The summed E-state index contributed by atoms with van der Waals surface area (Å²) >= 11 is 0. The van der Waals surface area contributed by atoms with Crippen LogP contribution in [0, 0.1) is 89.2 Å². The van der Waals surface area contributed by atoms with Gasteiger partial charge < -0.3 is 0 Å². The van der Waals surface area contributed by atoms with Gasteiger partial charge in [-0.3, -0.25) is 0 Å². The van der Waals surface area contributed by atoms with E-state index in [4.69, 9.17) is 31.6 Å². The van der Waals surface area contributed by atoms with Crippen LogP contribution < -0.4 is 0 Å². The summed E-state index contributed by atoms with van der Waals surface area (Å²) < 4.78 is 45.3. The Balaban J connectivity index is 1.95. The summed E-state index contributed by atoms with van der Waals surface area (Å²) in [5.41, 5.74) is -4.45. The van der Waals surface area contributed by atoms with Gasteiger partial charge in [0.05, 0.1) is 49.6 Å². The van der Waals surface area contributed by atoms with Gasteiger partial charge in [-0.05, 0) is 51.6 Å². The van der Waals surface area contributed by atoms with Crippen molar-refractivity contribution in [3.05, 3.63) is 144 Å². The molecule has 0 N–H and O–H groups in total. The van der Waals surface area contributed by atoms with Gasteiger partial charge in [-0.15, -0.1) is 0 Å². The molecule has 2 aromatic carbocycles. The highest BCUT2D eigenvalue weighted by molar-refractivity contribution is 6.29. The molecule has 1 aromatic heterocycles. The zero-order valence-corrected chi connectivity index (χ0v) is 22.0. The third-order valence-corrected chi connectivity index (χ3v) is 6.88. The second-order valence-corrected chi connectivity index (χ2v) is 8.94. The van der Waals surface area contributed by atoms with Gasteiger partial charge in [-0.1, -0.05) is 6.07 Å². The Morgan fingerprint density at radius 3 is 1.82 bits per heavy atom. The number of nitriles is 4. The van der Waals surface area contributed by atoms with E-state index >= 15 is 8.78 Å². The van der Waals surface area contributed by atoms with E-state index in [0.717, 1.165) is 6.20 Å². The fourth-order valence-corrected chi connectivity index (χ4v) is 5.12. The van der Waals surface area contributed by atoms with Crippen LogP contribution in [-0.4, -0.2) is 9.97 Å². The zero-order chi connectivity index (χ0) is 32.6. The number of allylic oxidation sites excluding steroid dienone is 7. The average Bonchev–Trinajstić information content (AvgIpc) is 3.53. The predicted octanol–water partition coefficient (Wildman–Crippen LogP) is 6.87. The first-order chi connectivity index (χ1) is 21.7. The summed E-state index contributed by atoms with van der Waals surface area (Å²) in [6, 6.07) is 10.7. The molecule has 2 aliphatic carbocycles. The predicted molar refractivity (Wildman–Crippen MR) is 150 cm³/mol. The largest absolute Gasteiger partial charge is 0.270 e. The molecule has 0 atom stereocenters. The fourth-order valence-electron chi connectivity index (χ4n) is 5.12. The van der Waals surface area contributed by atoms with Crippen molar-refractivity contribution >= 4 is 39.2 Å². The molecule has 0 spiro atoms. The van der Waals surface area contributed by atoms with Crippen molar-refractivity contribution in [1.29, 1.82) is 21.0 Å². The second kappa shape index (κ2) is 10.9. The average molecular weight is 586 g/mol. The first-order valence-electron chi connectivity index (χ1n) is 12.0. The number of hydrogen-bond acceptors (Lipinski definition) is 6. The number of nitrogens with zero attached hydrogens (tertiary/aromatic N) is 10. The normalized spacial score (nSPS) is 14.7. The lowest BCUT2D eigenvalue weighted by Crippen LogP contribution is -2.00. The van der Waals surface area contributed by atoms with Crippen molar-refractivity contribution in [2.45, 2.75) is 0 Å². The van der Waals surface area contributed by atoms with Gasteiger partial charge in [0.25, 0.3) is 11.4 Å². The minimum Gasteiger partial charge on any atom is -0.237 e. The van der Waals surface area contributed by atoms with E-state index < -0.39 is 51.6 Å². The summed E-state index contributed by atoms with van der Waals surface area (Å²) in [5, 5.41) is 39.0. The van der Waals surface area contributed by atoms with Gasteiger partial charge in [0.15, 0.2) is 0 Å². The van der Waals surface area contributed by atoms with Crippen molar-refractivity contribution in [1.82, 2.24) is 9.97 Å². The minimum absolute atomic E-state index is 0.00164. The number of aromatic nitrogens is 2. The Hall–Kier alpha value is -7.81. The lowest BCUT2D eigenvalue weighted by Gasteiger charge is -2.12. The highest BCUT2D eigenvalue weighted by Crippen LogP contribution is 2.55. The molecule has 0 saturated carbocycles. The van der Waals surface area contributed by atoms with Gasteiger partial charge in [-0.25, -0.2) is 43.7 Å². The number of fused-ring (bicyclic) bond motifs is 2. The topological polar surface area (TPSA) is 138 Å². The van der Waals surface area contributed by atoms with Crippen LogP contribution in [0.15, 0.2) is 41.9 Å². The summed E-state index contributed by atoms with van der Waals surface area (Å²) in [6.07, 6.45) is 0.914. The molecule has 2 aliphatic rings. The first kappa shape index (κ1) is 28.7. The molecule has 204 valence electrons. The van der Waals surface area contributed by atoms with E-state index in [1.807, 2.05) is 6.07 Å². The van der Waals surface area contributed by atoms with Crippen molar-refractivity contribution in [3.8, 4) is 24.3 Å². The molecule has 3 aromatic rings. The third kappa shape index (κ3) is 4.13. The molecule has 5 rings (SSSR count). The van der Waals surface area contributed by atoms with E-state index in [2.05, 4.69) is 29.3 Å². The SMILES string of the molecule is [C-]#[N+]C1=C(c2cc(F)c([N+]#[C-])cc2F)/C(=C(/C#N)[N+]#[C-])c2cc3c(cc21)/C(=C(/C#N)[N+]#[C-])C(c1cnc(C#N)nc1F)=C3C#N. The first-order valence-corrected chi connectivity index (χ1v) is 12.0. The van der Waals surface area contributed by atoms with Gasteiger partial charge in [0, 0.05) is 22.9 Å². The van der Waals surface area contributed by atoms with E-state index in [-0.39, 0.29) is 55.8 Å². The van der Waals surface area contributed by atoms with Crippen LogP contribution in [0.1, 0.15) is 39.2 Å². The molecule has 1 heterocycles. The van der Waals surface area contributed by atoms with Gasteiger partial charge in [-0.2, -0.15) is 19.9 Å². The number of hydrogen-bond donors (Lipinski definition) is 0. The summed E-state index contributed by atoms with van der Waals surface area (Å²) in [6.45, 7) is 30.2. The van der Waals surface area contributed by atoms with E-state index in [1.165, 1.54) is 12.1 Å². The Bertz CT molecular complexity index is 2410. The molecule has 10 nitrogen and oxygen atoms in total. The van der Waals surface area contributed by atoms with E-state index in [9.17, 15) is 20.2 Å². The Morgan fingerprint density at radius 1 is 0.667 bits per heavy atom. The van der Waals surface area contributed by atoms with Crippen LogP contribution in [0.5, 0.6) is 0 Å². The van der Waals surface area contributed by atoms with Crippen LogP contribution >= 0.6 is 0 Å². The summed E-state index contributed by atoms with van der Waals surface area (Å²) in [4.78, 5) is 20.1. The Morgan fingerprint density at radius 2 is 1.29 bits per heavy atom. The lowest BCUT2D eigenvalue weighted by molar-refractivity contribution is 0.573. The molecule has 0 bridgehead atoms. The van der Waals surface area contributed by atoms with Crippen LogP contribution in [0.2, 0.25) is 0 Å². The van der Waals surface area contributed by atoms with E-state index in [1.54, 1.807) is 18.2 Å². The Kier molecular flexibility index (Phi) is 6.94. The number of rotatable bonds is 2. The summed E-state index contributed by atoms with van der Waals surface area (Å²) in [7, 11) is 0. The van der Waals surface area contributed by atoms with Crippen LogP contribution in [0.25, 0.3) is 52.9 Å². The molecule has 0 amide bonds. The van der Waals surface area contributed by atoms with Gasteiger partial charge >= 0.3 is 0 Å². The highest BCUT2D eigenvalue weighted by Gasteiger charge is 2.38. The third-order valence-electron chi connectivity index (χ3n) is 6.88. The maximum Gasteiger partial charge on any atom is 0.270 e. The van der Waals surface area contributed by atoms with Crippen molar-refractivity contribution < 1.29 is 13.2 Å². The molecular formula is C32H5F3N10. The second-order valence-electron chi connectivity index (χ2n) is 8.94. The van der Waals surface area contributed by atoms with Crippen LogP contribution in [0.4, 0.5) is 18.9 Å². The van der Waals surface area contributed by atoms with E-state index in [0.29, 0.717) is 12.1 Å². The molecule has 0 fully saturated rings. The Labute approximate surface area is 252 Å². The molecule has 0 unspecified atom stereocenters. The highest BCUT2D eigenvalue weighted by atomic mass is 19.1. The van der Waals surface area contributed by atoms with Crippen molar-refractivity contribution in [2.75, 3.05) is 0 Å². The maximum absolute atomic E-state index is 15.4. The molecule has 0 aliphatic heterocycles. The number of halogens is 3. The van der Waals surface area contributed by atoms with Crippen LogP contribution in [0.3, 0.4) is 0 Å². The van der Waals surface area contributed by atoms with Crippen LogP contribution in [-0.2, 0) is 0 Å². The smallest absolute Gasteiger partial charge is 0.237 e. The quantitative estimate of drug-likeness (QED) is 0.182. The van der Waals surface area contributed by atoms with Gasteiger partial charge in [0.2, 0.25) is 23.2 Å². The number of benzene rings is 2. The zero-order valence-electron chi connectivity index (χ0n) is 22.0. The monoisotopic (exact) mass is 586 g/mol. The molecule has 0 radical (unpaired) electrons. The molecule has 0 saturated heterocycles. The fraction of sp³-hybridized carbons (Fsp3) is 0. The standard InChI is InChI=1S/C32H5F3N10/c1-40-23-8-21(33)18(7-22(23)34)30-29(25(11-38)42-3)16-5-14-15(6-17(16)31(30)43-4)28(24(10-37)41-2)27(19(14)9-36)20-13-44-26(12-39)45-32(20)35/h5-8,13H/b28-24+,29-25-. The lowest BCUT2D eigenvalue weighted by atomic mass is 9.92. The van der Waals surface area contributed by atoms with Crippen molar-refractivity contribution in [3.63, 3.8) is 0 Å². The minimum atomic E-state index is -1.23. The molecule has 13 heteroatoms. The summed E-state index contributed by atoms with van der Waals surface area (Å²) in [5.74, 6) is -3.99. The van der Waals surface area contributed by atoms with Crippen molar-refractivity contribution in [2.24, 2.45) is 0 Å². The molecular weight excluding hydrogens is 581 g/mol. The maximum atomic E-state index is 15.4. The van der Waals surface area contributed by atoms with Gasteiger partial charge in [0.1, 0.15) is 23.8 Å².